The Balaban J connectivity index is 2.18. The van der Waals surface area contributed by atoms with Crippen molar-refractivity contribution in [1.29, 1.82) is 0 Å². The van der Waals surface area contributed by atoms with Gasteiger partial charge in [0.2, 0.25) is 0 Å². The van der Waals surface area contributed by atoms with E-state index in [9.17, 15) is 8.42 Å². The molecule has 0 bridgehead atoms. The summed E-state index contributed by atoms with van der Waals surface area (Å²) in [5, 5.41) is 10.00. The Kier molecular flexibility index (Phi) is 4.59. The number of aromatic amines is 1. The average Bonchev–Trinajstić information content (AvgIpc) is 2.86. The molecule has 1 aliphatic heterocycles. The van der Waals surface area contributed by atoms with Crippen molar-refractivity contribution in [2.45, 2.75) is 50.7 Å². The number of hydrogen-bond acceptors (Lipinski definition) is 4. The van der Waals surface area contributed by atoms with Crippen LogP contribution in [0.15, 0.2) is 11.2 Å². The van der Waals surface area contributed by atoms with Gasteiger partial charge in [0.1, 0.15) is 0 Å². The number of nitrogens with zero attached hydrogens (tertiary/aromatic N) is 2. The van der Waals surface area contributed by atoms with E-state index in [0.717, 1.165) is 19.3 Å². The molecule has 1 saturated heterocycles. The molecule has 1 aromatic heterocycles. The molecule has 0 atom stereocenters. The Bertz CT molecular complexity index is 504. The van der Waals surface area contributed by atoms with Gasteiger partial charge in [0.05, 0.1) is 6.20 Å². The van der Waals surface area contributed by atoms with E-state index in [0.29, 0.717) is 31.2 Å². The standard InChI is InChI=1S/C12H22N4O2S/c1-10(2)13-8-11-9-14-15-12(11)19(17,18)16-6-4-3-5-7-16/h9-10,13H,3-8H2,1-2H3,(H,14,15). The minimum absolute atomic E-state index is 0.238. The molecule has 0 radical (unpaired) electrons. The van der Waals surface area contributed by atoms with Crippen LogP contribution in [0.1, 0.15) is 38.7 Å². The van der Waals surface area contributed by atoms with Crippen LogP contribution in [0.4, 0.5) is 0 Å². The van der Waals surface area contributed by atoms with Crippen molar-refractivity contribution in [3.63, 3.8) is 0 Å². The Morgan fingerprint density at radius 1 is 1.37 bits per heavy atom. The van der Waals surface area contributed by atoms with Crippen LogP contribution in [-0.4, -0.2) is 42.1 Å². The lowest BCUT2D eigenvalue weighted by Gasteiger charge is -2.25. The van der Waals surface area contributed by atoms with Crippen molar-refractivity contribution in [3.05, 3.63) is 11.8 Å². The van der Waals surface area contributed by atoms with E-state index in [1.54, 1.807) is 10.5 Å². The average molecular weight is 286 g/mol. The summed E-state index contributed by atoms with van der Waals surface area (Å²) in [6.07, 6.45) is 4.57. The highest BCUT2D eigenvalue weighted by atomic mass is 32.2. The van der Waals surface area contributed by atoms with Crippen molar-refractivity contribution in [1.82, 2.24) is 19.8 Å². The molecule has 7 heteroatoms. The molecule has 0 aromatic carbocycles. The Morgan fingerprint density at radius 2 is 2.05 bits per heavy atom. The molecule has 2 N–H and O–H groups in total. The number of aromatic nitrogens is 2. The van der Waals surface area contributed by atoms with Crippen molar-refractivity contribution < 1.29 is 8.42 Å². The van der Waals surface area contributed by atoms with Crippen LogP contribution < -0.4 is 5.32 Å². The Morgan fingerprint density at radius 3 is 2.68 bits per heavy atom. The van der Waals surface area contributed by atoms with Crippen LogP contribution in [0.5, 0.6) is 0 Å². The van der Waals surface area contributed by atoms with E-state index in [2.05, 4.69) is 15.5 Å². The number of rotatable bonds is 5. The van der Waals surface area contributed by atoms with Crippen LogP contribution in [0.2, 0.25) is 0 Å². The first kappa shape index (κ1) is 14.5. The molecular formula is C12H22N4O2S. The quantitative estimate of drug-likeness (QED) is 0.849. The molecule has 1 aliphatic rings. The molecule has 0 spiro atoms. The van der Waals surface area contributed by atoms with Crippen LogP contribution in [0.25, 0.3) is 0 Å². The lowest BCUT2D eigenvalue weighted by Crippen LogP contribution is -2.36. The molecule has 108 valence electrons. The normalized spacial score (nSPS) is 18.1. The summed E-state index contributed by atoms with van der Waals surface area (Å²) in [4.78, 5) is 0. The second-order valence-corrected chi connectivity index (χ2v) is 7.10. The fourth-order valence-corrected chi connectivity index (χ4v) is 3.82. The van der Waals surface area contributed by atoms with Crippen molar-refractivity contribution >= 4 is 10.0 Å². The van der Waals surface area contributed by atoms with Crippen LogP contribution >= 0.6 is 0 Å². The molecule has 0 unspecified atom stereocenters. The fraction of sp³-hybridized carbons (Fsp3) is 0.750. The highest BCUT2D eigenvalue weighted by Crippen LogP contribution is 2.21. The van der Waals surface area contributed by atoms with Gasteiger partial charge in [-0.3, -0.25) is 5.10 Å². The fourth-order valence-electron chi connectivity index (χ4n) is 2.20. The number of H-pyrrole nitrogens is 1. The summed E-state index contributed by atoms with van der Waals surface area (Å²) in [5.41, 5.74) is 0.708. The second-order valence-electron chi connectivity index (χ2n) is 5.22. The van der Waals surface area contributed by atoms with Gasteiger partial charge < -0.3 is 5.32 Å². The summed E-state index contributed by atoms with van der Waals surface area (Å²) >= 11 is 0. The number of hydrogen-bond donors (Lipinski definition) is 2. The molecule has 19 heavy (non-hydrogen) atoms. The van der Waals surface area contributed by atoms with E-state index in [-0.39, 0.29) is 5.03 Å². The maximum absolute atomic E-state index is 12.5. The third-order valence-corrected chi connectivity index (χ3v) is 5.21. The van der Waals surface area contributed by atoms with Crippen molar-refractivity contribution in [3.8, 4) is 0 Å². The zero-order chi connectivity index (χ0) is 13.9. The summed E-state index contributed by atoms with van der Waals surface area (Å²) < 4.78 is 26.6. The van der Waals surface area contributed by atoms with Gasteiger partial charge in [-0.25, -0.2) is 8.42 Å². The van der Waals surface area contributed by atoms with Crippen LogP contribution in [0, 0.1) is 0 Å². The Hall–Kier alpha value is -0.920. The molecule has 6 nitrogen and oxygen atoms in total. The van der Waals surface area contributed by atoms with Gasteiger partial charge in [-0.1, -0.05) is 20.3 Å². The largest absolute Gasteiger partial charge is 0.310 e. The first-order valence-corrected chi connectivity index (χ1v) is 8.21. The number of nitrogens with one attached hydrogen (secondary N) is 2. The molecule has 2 heterocycles. The lowest BCUT2D eigenvalue weighted by molar-refractivity contribution is 0.345. The van der Waals surface area contributed by atoms with Gasteiger partial charge in [-0.05, 0) is 12.8 Å². The maximum Gasteiger partial charge on any atom is 0.260 e. The summed E-state index contributed by atoms with van der Waals surface area (Å²) in [7, 11) is -3.42. The summed E-state index contributed by atoms with van der Waals surface area (Å²) in [6.45, 7) is 5.78. The van der Waals surface area contributed by atoms with E-state index in [4.69, 9.17) is 0 Å². The Labute approximate surface area is 114 Å². The molecule has 1 fully saturated rings. The summed E-state index contributed by atoms with van der Waals surface area (Å²) in [6, 6.07) is 0.306. The van der Waals surface area contributed by atoms with Gasteiger partial charge in [-0.2, -0.15) is 9.40 Å². The van der Waals surface area contributed by atoms with Gasteiger partial charge in [-0.15, -0.1) is 0 Å². The predicted molar refractivity (Wildman–Crippen MR) is 73.2 cm³/mol. The monoisotopic (exact) mass is 286 g/mol. The van der Waals surface area contributed by atoms with E-state index in [1.807, 2.05) is 13.8 Å². The van der Waals surface area contributed by atoms with E-state index < -0.39 is 10.0 Å². The predicted octanol–water partition coefficient (Wildman–Crippen LogP) is 1.08. The lowest BCUT2D eigenvalue weighted by atomic mass is 10.2. The van der Waals surface area contributed by atoms with E-state index >= 15 is 0 Å². The van der Waals surface area contributed by atoms with Crippen LogP contribution in [0.3, 0.4) is 0 Å². The first-order valence-electron chi connectivity index (χ1n) is 6.77. The minimum Gasteiger partial charge on any atom is -0.310 e. The smallest absolute Gasteiger partial charge is 0.260 e. The van der Waals surface area contributed by atoms with Gasteiger partial charge >= 0.3 is 0 Å². The minimum atomic E-state index is -3.42. The molecule has 2 rings (SSSR count). The van der Waals surface area contributed by atoms with Crippen molar-refractivity contribution in [2.24, 2.45) is 0 Å². The zero-order valence-electron chi connectivity index (χ0n) is 11.5. The molecule has 0 aliphatic carbocycles. The van der Waals surface area contributed by atoms with Gasteiger partial charge in [0, 0.05) is 31.2 Å². The first-order chi connectivity index (χ1) is 9.01. The third-order valence-electron chi connectivity index (χ3n) is 3.29. The SMILES string of the molecule is CC(C)NCc1cn[nH]c1S(=O)(=O)N1CCCCC1. The van der Waals surface area contributed by atoms with E-state index in [1.165, 1.54) is 0 Å². The second kappa shape index (κ2) is 6.02. The zero-order valence-corrected chi connectivity index (χ0v) is 12.3. The van der Waals surface area contributed by atoms with Crippen molar-refractivity contribution in [2.75, 3.05) is 13.1 Å². The van der Waals surface area contributed by atoms with Gasteiger partial charge in [0.15, 0.2) is 5.03 Å². The topological polar surface area (TPSA) is 78.1 Å². The summed E-state index contributed by atoms with van der Waals surface area (Å²) in [5.74, 6) is 0. The molecule has 1 aromatic rings. The molecule has 0 amide bonds. The molecule has 0 saturated carbocycles. The maximum atomic E-state index is 12.5. The molecular weight excluding hydrogens is 264 g/mol. The number of piperidine rings is 1. The highest BCUT2D eigenvalue weighted by molar-refractivity contribution is 7.89. The number of sulfonamides is 1. The van der Waals surface area contributed by atoms with Gasteiger partial charge in [0.25, 0.3) is 10.0 Å². The highest BCUT2D eigenvalue weighted by Gasteiger charge is 2.29. The third kappa shape index (κ3) is 3.34. The van der Waals surface area contributed by atoms with Crippen LogP contribution in [-0.2, 0) is 16.6 Å².